The number of nitrogens with one attached hydrogen (secondary N) is 2. The molecule has 39 heavy (non-hydrogen) atoms. The molecule has 1 atom stereocenters. The molecule has 2 aliphatic heterocycles. The van der Waals surface area contributed by atoms with E-state index in [9.17, 15) is 18.3 Å². The number of allylic oxidation sites excluding steroid dienone is 2. The highest BCUT2D eigenvalue weighted by atomic mass is 19.4. The summed E-state index contributed by atoms with van der Waals surface area (Å²) in [7, 11) is 0. The van der Waals surface area contributed by atoms with Crippen LogP contribution in [-0.4, -0.2) is 76.1 Å². The predicted octanol–water partition coefficient (Wildman–Crippen LogP) is 4.72. The van der Waals surface area contributed by atoms with Gasteiger partial charge in [0.05, 0.1) is 12.2 Å². The maximum absolute atomic E-state index is 13.2. The van der Waals surface area contributed by atoms with Gasteiger partial charge in [-0.15, -0.1) is 0 Å². The molecule has 0 amide bonds. The number of aromatic nitrogens is 2. The second-order valence-corrected chi connectivity index (χ2v) is 10.3. The van der Waals surface area contributed by atoms with Crippen LogP contribution >= 0.6 is 0 Å². The minimum absolute atomic E-state index is 0.00577. The third-order valence-corrected chi connectivity index (χ3v) is 7.24. The molecule has 1 aromatic carbocycles. The molecule has 208 valence electrons. The number of aliphatic hydroxyl groups is 1. The summed E-state index contributed by atoms with van der Waals surface area (Å²) in [6.45, 7) is 6.10. The average Bonchev–Trinajstić information content (AvgIpc) is 3.66. The van der Waals surface area contributed by atoms with Crippen molar-refractivity contribution in [2.45, 2.75) is 38.3 Å². The van der Waals surface area contributed by atoms with Crippen molar-refractivity contribution in [3.63, 3.8) is 0 Å². The molecule has 0 spiro atoms. The third kappa shape index (κ3) is 7.15. The number of rotatable bonds is 7. The fourth-order valence-corrected chi connectivity index (χ4v) is 4.73. The first-order chi connectivity index (χ1) is 18.8. The van der Waals surface area contributed by atoms with Gasteiger partial charge in [0.1, 0.15) is 5.82 Å². The van der Waals surface area contributed by atoms with Crippen molar-refractivity contribution in [1.29, 1.82) is 0 Å². The van der Waals surface area contributed by atoms with Crippen LogP contribution in [0.15, 0.2) is 58.3 Å². The van der Waals surface area contributed by atoms with Gasteiger partial charge in [0.15, 0.2) is 5.82 Å². The quantitative estimate of drug-likeness (QED) is 0.472. The predicted molar refractivity (Wildman–Crippen MR) is 146 cm³/mol. The van der Waals surface area contributed by atoms with Gasteiger partial charge in [0.2, 0.25) is 5.96 Å². The van der Waals surface area contributed by atoms with E-state index >= 15 is 0 Å². The van der Waals surface area contributed by atoms with Crippen molar-refractivity contribution in [3.05, 3.63) is 65.1 Å². The van der Waals surface area contributed by atoms with Gasteiger partial charge in [-0.25, -0.2) is 4.99 Å². The number of halogens is 3. The third-order valence-electron chi connectivity index (χ3n) is 7.24. The van der Waals surface area contributed by atoms with Crippen LogP contribution in [0.5, 0.6) is 0 Å². The van der Waals surface area contributed by atoms with Crippen LogP contribution in [0.25, 0.3) is 6.08 Å². The molecule has 3 aliphatic rings. The van der Waals surface area contributed by atoms with Gasteiger partial charge in [0, 0.05) is 62.0 Å². The van der Waals surface area contributed by atoms with Gasteiger partial charge in [-0.05, 0) is 49.1 Å². The zero-order valence-corrected chi connectivity index (χ0v) is 22.0. The lowest BCUT2D eigenvalue weighted by Crippen LogP contribution is -2.46. The normalized spacial score (nSPS) is 22.6. The number of piperazine rings is 1. The molecule has 1 unspecified atom stereocenters. The number of hydrogen-bond donors (Lipinski definition) is 3. The second-order valence-electron chi connectivity index (χ2n) is 10.3. The van der Waals surface area contributed by atoms with Gasteiger partial charge in [-0.1, -0.05) is 25.1 Å². The molecule has 1 aliphatic carbocycles. The van der Waals surface area contributed by atoms with Crippen LogP contribution in [0.3, 0.4) is 0 Å². The summed E-state index contributed by atoms with van der Waals surface area (Å²) in [5.74, 6) is 2.36. The molecule has 1 saturated heterocycles. The Morgan fingerprint density at radius 2 is 1.90 bits per heavy atom. The van der Waals surface area contributed by atoms with E-state index in [4.69, 9.17) is 9.98 Å². The van der Waals surface area contributed by atoms with Crippen molar-refractivity contribution in [1.82, 2.24) is 20.0 Å². The molecule has 2 fully saturated rings. The lowest BCUT2D eigenvalue weighted by Gasteiger charge is -2.36. The number of H-pyrrole nitrogens is 1. The summed E-state index contributed by atoms with van der Waals surface area (Å²) in [5, 5.41) is 20.0. The highest BCUT2D eigenvalue weighted by Gasteiger charge is 2.30. The second kappa shape index (κ2) is 11.7. The maximum Gasteiger partial charge on any atom is 0.416 e. The molecule has 0 radical (unpaired) electrons. The number of anilines is 1. The van der Waals surface area contributed by atoms with Crippen molar-refractivity contribution in [2.75, 3.05) is 44.6 Å². The largest absolute Gasteiger partial charge is 0.416 e. The van der Waals surface area contributed by atoms with Gasteiger partial charge in [-0.3, -0.25) is 10.00 Å². The van der Waals surface area contributed by atoms with Crippen molar-refractivity contribution < 1.29 is 18.3 Å². The molecule has 0 bridgehead atoms. The smallest absolute Gasteiger partial charge is 0.395 e. The molecule has 5 rings (SSSR count). The van der Waals surface area contributed by atoms with Crippen LogP contribution in [0.2, 0.25) is 0 Å². The summed E-state index contributed by atoms with van der Waals surface area (Å²) in [6, 6.07) is 7.23. The van der Waals surface area contributed by atoms with Crippen LogP contribution in [0, 0.1) is 5.92 Å². The standard InChI is InChI=1S/C28H34F3N7O/c1-19-5-10-26(38-13-11-37(12-14-38)15-16-39)34-27(33-25-18-24(35-36-25)21-7-8-21)32-23(19)9-6-20-3-2-4-22(17-20)28(29,30)31/h2-4,6,9-10,17-19,21,39H,5,7-8,11-16H2,1H3,(H2,33,34,35,36)/b9-6+,26-10-,32-23?. The van der Waals surface area contributed by atoms with Crippen molar-refractivity contribution >= 4 is 23.6 Å². The van der Waals surface area contributed by atoms with E-state index in [0.29, 0.717) is 41.9 Å². The number of guanidine groups is 1. The number of hydrogen-bond acceptors (Lipinski definition) is 7. The van der Waals surface area contributed by atoms with E-state index in [1.165, 1.54) is 6.07 Å². The maximum atomic E-state index is 13.2. The Kier molecular flexibility index (Phi) is 8.18. The van der Waals surface area contributed by atoms with Gasteiger partial charge in [-0.2, -0.15) is 23.3 Å². The SMILES string of the molecule is CC1C/C=C(\N2CCN(CCO)CC2)N=C(Nc2cc(C3CC3)[nH]n2)N=C1/C=C/c1cccc(C(F)(F)F)c1. The minimum Gasteiger partial charge on any atom is -0.395 e. The van der Waals surface area contributed by atoms with Crippen LogP contribution in [0.1, 0.15) is 48.9 Å². The number of alkyl halides is 3. The number of nitrogens with zero attached hydrogens (tertiary/aromatic N) is 5. The summed E-state index contributed by atoms with van der Waals surface area (Å²) >= 11 is 0. The van der Waals surface area contributed by atoms with Crippen molar-refractivity contribution in [3.8, 4) is 0 Å². The molecule has 3 heterocycles. The summed E-state index contributed by atoms with van der Waals surface area (Å²) in [4.78, 5) is 14.2. The lowest BCUT2D eigenvalue weighted by molar-refractivity contribution is -0.137. The molecule has 2 aromatic rings. The van der Waals surface area contributed by atoms with E-state index in [2.05, 4.69) is 31.4 Å². The van der Waals surface area contributed by atoms with Crippen LogP contribution < -0.4 is 5.32 Å². The Balaban J connectivity index is 1.41. The van der Waals surface area contributed by atoms with E-state index in [1.807, 2.05) is 13.0 Å². The average molecular weight is 542 g/mol. The lowest BCUT2D eigenvalue weighted by atomic mass is 9.99. The Morgan fingerprint density at radius 1 is 1.10 bits per heavy atom. The monoisotopic (exact) mass is 541 g/mol. The number of benzene rings is 1. The number of aliphatic imine (C=N–C) groups is 2. The van der Waals surface area contributed by atoms with Crippen LogP contribution in [0.4, 0.5) is 19.0 Å². The fourth-order valence-electron chi connectivity index (χ4n) is 4.73. The van der Waals surface area contributed by atoms with Gasteiger partial charge >= 0.3 is 6.18 Å². The zero-order chi connectivity index (χ0) is 27.4. The minimum atomic E-state index is -4.40. The Labute approximate surface area is 226 Å². The first-order valence-corrected chi connectivity index (χ1v) is 13.4. The van der Waals surface area contributed by atoms with E-state index < -0.39 is 11.7 Å². The molecule has 1 saturated carbocycles. The number of aliphatic hydroxyl groups excluding tert-OH is 1. The fraction of sp³-hybridized carbons (Fsp3) is 0.464. The Morgan fingerprint density at radius 3 is 2.62 bits per heavy atom. The van der Waals surface area contributed by atoms with Crippen LogP contribution in [-0.2, 0) is 6.18 Å². The summed E-state index contributed by atoms with van der Waals surface area (Å²) < 4.78 is 39.5. The number of aromatic amines is 1. The number of β-amino-alcohol motifs (C(OH)–C–C–N with tert-alkyl or cyclic N) is 1. The highest BCUT2D eigenvalue weighted by molar-refractivity contribution is 6.09. The molecule has 1 aromatic heterocycles. The summed E-state index contributed by atoms with van der Waals surface area (Å²) in [6.07, 6.45) is 4.12. The first-order valence-electron chi connectivity index (χ1n) is 13.4. The van der Waals surface area contributed by atoms with Gasteiger partial charge in [0.25, 0.3) is 0 Å². The topological polar surface area (TPSA) is 92.1 Å². The van der Waals surface area contributed by atoms with Crippen molar-refractivity contribution in [2.24, 2.45) is 15.9 Å². The molecule has 3 N–H and O–H groups in total. The van der Waals surface area contributed by atoms with E-state index in [-0.39, 0.29) is 12.5 Å². The molecule has 11 heteroatoms. The molecule has 8 nitrogen and oxygen atoms in total. The zero-order valence-electron chi connectivity index (χ0n) is 22.0. The summed E-state index contributed by atoms with van der Waals surface area (Å²) in [5.41, 5.74) is 1.56. The highest BCUT2D eigenvalue weighted by Crippen LogP contribution is 2.39. The Hall–Kier alpha value is -3.44. The first kappa shape index (κ1) is 27.1. The molecular formula is C28H34F3N7O. The molecular weight excluding hydrogens is 507 g/mol. The van der Waals surface area contributed by atoms with E-state index in [1.54, 1.807) is 18.2 Å². The van der Waals surface area contributed by atoms with Gasteiger partial charge < -0.3 is 15.3 Å². The van der Waals surface area contributed by atoms with E-state index in [0.717, 1.165) is 62.7 Å². The Bertz CT molecular complexity index is 1270.